The molecule has 0 aliphatic carbocycles. The molecule has 0 bridgehead atoms. The van der Waals surface area contributed by atoms with Crippen molar-refractivity contribution in [3.05, 3.63) is 11.5 Å². The molecule has 0 atom stereocenters. The molecule has 0 spiro atoms. The minimum absolute atomic E-state index is 0.900. The molecule has 0 aromatic carbocycles. The zero-order chi connectivity index (χ0) is 10.6. The SMILES string of the molecule is C1=CSSN=NCCCCCCCCC1. The Bertz CT molecular complexity index is 173. The summed E-state index contributed by atoms with van der Waals surface area (Å²) >= 11 is 0. The first-order valence-corrected chi connectivity index (χ1v) is 8.01. The van der Waals surface area contributed by atoms with Crippen molar-refractivity contribution in [3.8, 4) is 0 Å². The molecule has 0 saturated carbocycles. The van der Waals surface area contributed by atoms with Gasteiger partial charge in [0.1, 0.15) is 0 Å². The van der Waals surface area contributed by atoms with Gasteiger partial charge in [0, 0.05) is 0 Å². The average Bonchev–Trinajstić information content (AvgIpc) is 2.27. The van der Waals surface area contributed by atoms with E-state index in [2.05, 4.69) is 21.1 Å². The summed E-state index contributed by atoms with van der Waals surface area (Å²) in [6.45, 7) is 0.900. The van der Waals surface area contributed by atoms with E-state index in [0.717, 1.165) is 6.54 Å². The Balaban J connectivity index is 2.15. The summed E-state index contributed by atoms with van der Waals surface area (Å²) in [5.74, 6) is 0. The minimum Gasteiger partial charge on any atom is -0.181 e. The van der Waals surface area contributed by atoms with Crippen molar-refractivity contribution in [2.75, 3.05) is 6.54 Å². The van der Waals surface area contributed by atoms with Gasteiger partial charge in [-0.1, -0.05) is 38.2 Å². The van der Waals surface area contributed by atoms with Gasteiger partial charge in [-0.25, -0.2) is 0 Å². The van der Waals surface area contributed by atoms with Crippen LogP contribution in [-0.2, 0) is 0 Å². The van der Waals surface area contributed by atoms with Gasteiger partial charge in [0.2, 0.25) is 0 Å². The first-order chi connectivity index (χ1) is 7.50. The summed E-state index contributed by atoms with van der Waals surface area (Å²) in [6, 6.07) is 0. The fourth-order valence-corrected chi connectivity index (χ4v) is 2.62. The third-order valence-corrected chi connectivity index (χ3v) is 3.78. The second-order valence-corrected chi connectivity index (χ2v) is 5.55. The monoisotopic (exact) mass is 244 g/mol. The number of hydrogen-bond donors (Lipinski definition) is 0. The summed E-state index contributed by atoms with van der Waals surface area (Å²) in [5, 5.41) is 6.24. The van der Waals surface area contributed by atoms with Crippen molar-refractivity contribution in [1.82, 2.24) is 0 Å². The first kappa shape index (κ1) is 13.1. The molecule has 0 amide bonds. The normalized spacial score (nSPS) is 21.9. The van der Waals surface area contributed by atoms with E-state index in [1.54, 1.807) is 10.8 Å². The molecule has 0 unspecified atom stereocenters. The Morgan fingerprint density at radius 1 is 0.867 bits per heavy atom. The molecule has 1 rings (SSSR count). The third-order valence-electron chi connectivity index (χ3n) is 2.41. The Hall–Kier alpha value is 0.0400. The van der Waals surface area contributed by atoms with Crippen LogP contribution in [0.5, 0.6) is 0 Å². The third kappa shape index (κ3) is 9.00. The van der Waals surface area contributed by atoms with E-state index in [1.807, 2.05) is 0 Å². The van der Waals surface area contributed by atoms with Crippen molar-refractivity contribution in [2.45, 2.75) is 51.4 Å². The molecule has 0 fully saturated rings. The predicted octanol–water partition coefficient (Wildman–Crippen LogP) is 5.38. The van der Waals surface area contributed by atoms with Gasteiger partial charge in [-0.15, -0.1) is 4.52 Å². The van der Waals surface area contributed by atoms with Gasteiger partial charge in [-0.05, 0) is 35.5 Å². The zero-order valence-corrected chi connectivity index (χ0v) is 10.9. The fourth-order valence-electron chi connectivity index (χ4n) is 1.54. The molecule has 1 heterocycles. The molecule has 0 N–H and O–H groups in total. The van der Waals surface area contributed by atoms with Gasteiger partial charge in [0.15, 0.2) is 0 Å². The van der Waals surface area contributed by atoms with Crippen LogP contribution in [0.3, 0.4) is 0 Å². The van der Waals surface area contributed by atoms with E-state index < -0.39 is 0 Å². The van der Waals surface area contributed by atoms with E-state index in [0.29, 0.717) is 0 Å². The van der Waals surface area contributed by atoms with Crippen molar-refractivity contribution >= 4 is 21.8 Å². The van der Waals surface area contributed by atoms with E-state index in [9.17, 15) is 0 Å². The van der Waals surface area contributed by atoms with E-state index >= 15 is 0 Å². The van der Waals surface area contributed by atoms with E-state index in [1.165, 1.54) is 62.3 Å². The van der Waals surface area contributed by atoms with Crippen LogP contribution in [0.1, 0.15) is 51.4 Å². The molecular formula is C11H20N2S2. The van der Waals surface area contributed by atoms with Crippen LogP contribution in [0.15, 0.2) is 21.1 Å². The molecule has 0 radical (unpaired) electrons. The largest absolute Gasteiger partial charge is 0.181 e. The van der Waals surface area contributed by atoms with Crippen LogP contribution in [0, 0.1) is 0 Å². The second kappa shape index (κ2) is 10.6. The number of rotatable bonds is 0. The van der Waals surface area contributed by atoms with E-state index in [-0.39, 0.29) is 0 Å². The maximum absolute atomic E-state index is 4.12. The maximum Gasteiger partial charge on any atom is 0.0716 e. The fraction of sp³-hybridized carbons (Fsp3) is 0.818. The molecule has 1 aliphatic heterocycles. The van der Waals surface area contributed by atoms with Crippen LogP contribution < -0.4 is 0 Å². The zero-order valence-electron chi connectivity index (χ0n) is 9.23. The Labute approximate surface area is 101 Å². The average molecular weight is 244 g/mol. The number of nitrogens with zero attached hydrogens (tertiary/aromatic N) is 2. The lowest BCUT2D eigenvalue weighted by Crippen LogP contribution is -1.82. The lowest BCUT2D eigenvalue weighted by atomic mass is 10.1. The predicted molar refractivity (Wildman–Crippen MR) is 71.0 cm³/mol. The minimum atomic E-state index is 0.900. The van der Waals surface area contributed by atoms with Crippen molar-refractivity contribution in [2.24, 2.45) is 9.63 Å². The lowest BCUT2D eigenvalue weighted by molar-refractivity contribution is 0.583. The lowest BCUT2D eigenvalue weighted by Gasteiger charge is -1.99. The highest BCUT2D eigenvalue weighted by Crippen LogP contribution is 2.24. The molecular weight excluding hydrogens is 224 g/mol. The molecule has 15 heavy (non-hydrogen) atoms. The summed E-state index contributed by atoms with van der Waals surface area (Å²) < 4.78 is 4.04. The Morgan fingerprint density at radius 3 is 2.47 bits per heavy atom. The summed E-state index contributed by atoms with van der Waals surface area (Å²) in [5.41, 5.74) is 0. The highest BCUT2D eigenvalue weighted by atomic mass is 33.1. The molecule has 1 aliphatic rings. The standard InChI is InChI=1S/C11H20N2S2/c1-2-4-6-8-10-12-13-15-14-11-9-7-5-3-1/h9,11H,1-8,10H2. The topological polar surface area (TPSA) is 24.7 Å². The van der Waals surface area contributed by atoms with Crippen LogP contribution in [-0.4, -0.2) is 6.54 Å². The summed E-state index contributed by atoms with van der Waals surface area (Å²) in [6.07, 6.45) is 12.9. The number of hydrogen-bond acceptors (Lipinski definition) is 4. The first-order valence-electron chi connectivity index (χ1n) is 5.84. The van der Waals surface area contributed by atoms with Gasteiger partial charge < -0.3 is 0 Å². The molecule has 4 heteroatoms. The van der Waals surface area contributed by atoms with Gasteiger partial charge in [-0.2, -0.15) is 5.11 Å². The van der Waals surface area contributed by atoms with Gasteiger partial charge in [0.05, 0.1) is 17.5 Å². The Morgan fingerprint density at radius 2 is 1.60 bits per heavy atom. The second-order valence-electron chi connectivity index (χ2n) is 3.75. The molecule has 0 aromatic rings. The van der Waals surface area contributed by atoms with Gasteiger partial charge in [0.25, 0.3) is 0 Å². The number of allylic oxidation sites excluding steroid dienone is 1. The van der Waals surface area contributed by atoms with Crippen LogP contribution >= 0.6 is 21.8 Å². The van der Waals surface area contributed by atoms with Crippen molar-refractivity contribution in [3.63, 3.8) is 0 Å². The quantitative estimate of drug-likeness (QED) is 0.422. The highest BCUT2D eigenvalue weighted by Gasteiger charge is 1.92. The Kier molecular flexibility index (Phi) is 9.22. The molecule has 86 valence electrons. The maximum atomic E-state index is 4.12. The van der Waals surface area contributed by atoms with Crippen molar-refractivity contribution in [1.29, 1.82) is 0 Å². The van der Waals surface area contributed by atoms with Gasteiger partial charge >= 0.3 is 0 Å². The molecule has 0 saturated heterocycles. The van der Waals surface area contributed by atoms with Crippen LogP contribution in [0.2, 0.25) is 0 Å². The summed E-state index contributed by atoms with van der Waals surface area (Å²) in [7, 11) is 3.13. The summed E-state index contributed by atoms with van der Waals surface area (Å²) in [4.78, 5) is 0. The molecule has 2 nitrogen and oxygen atoms in total. The van der Waals surface area contributed by atoms with Crippen LogP contribution in [0.4, 0.5) is 0 Å². The molecule has 0 aromatic heterocycles. The smallest absolute Gasteiger partial charge is 0.0716 e. The van der Waals surface area contributed by atoms with E-state index in [4.69, 9.17) is 0 Å². The highest BCUT2D eigenvalue weighted by molar-refractivity contribution is 8.77. The van der Waals surface area contributed by atoms with Crippen LogP contribution in [0.25, 0.3) is 0 Å². The van der Waals surface area contributed by atoms with Crippen molar-refractivity contribution < 1.29 is 0 Å². The van der Waals surface area contributed by atoms with Gasteiger partial charge in [-0.3, -0.25) is 0 Å².